The average Bonchev–Trinajstić information content (AvgIpc) is 2.55. The first kappa shape index (κ1) is 20.2. The van der Waals surface area contributed by atoms with Crippen molar-refractivity contribution in [3.63, 3.8) is 0 Å². The lowest BCUT2D eigenvalue weighted by Crippen LogP contribution is -2.27. The number of halogens is 3. The summed E-state index contributed by atoms with van der Waals surface area (Å²) in [5.41, 5.74) is 1.47. The molecule has 0 aliphatic heterocycles. The number of benzene rings is 2. The Hall–Kier alpha value is -2.15. The number of aliphatic carboxylic acids is 1. The van der Waals surface area contributed by atoms with Crippen LogP contribution < -0.4 is 4.74 Å². The molecular weight excluding hydrogens is 365 g/mol. The predicted molar refractivity (Wildman–Crippen MR) is 94.8 cm³/mol. The number of hydrogen-bond donors (Lipinski definition) is 1. The predicted octanol–water partition coefficient (Wildman–Crippen LogP) is 5.34. The molecule has 2 rings (SSSR count). The first-order valence-electron chi connectivity index (χ1n) is 7.93. The molecule has 1 N–H and O–H groups in total. The zero-order valence-electron chi connectivity index (χ0n) is 14.3. The Balaban J connectivity index is 1.95. The van der Waals surface area contributed by atoms with Crippen LogP contribution in [0.1, 0.15) is 23.1 Å². The summed E-state index contributed by atoms with van der Waals surface area (Å²) in [5, 5.41) is 9.29. The maximum atomic E-state index is 12.6. The van der Waals surface area contributed by atoms with Gasteiger partial charge in [0, 0.05) is 17.1 Å². The molecule has 0 heterocycles. The van der Waals surface area contributed by atoms with Gasteiger partial charge in [0.1, 0.15) is 5.75 Å². The first-order valence-corrected chi connectivity index (χ1v) is 8.92. The van der Waals surface area contributed by atoms with Crippen molar-refractivity contribution in [2.75, 3.05) is 5.75 Å². The molecule has 2 aromatic carbocycles. The van der Waals surface area contributed by atoms with Crippen molar-refractivity contribution in [2.45, 2.75) is 37.4 Å². The van der Waals surface area contributed by atoms with E-state index in [1.54, 1.807) is 0 Å². The number of aryl methyl sites for hydroxylation is 2. The van der Waals surface area contributed by atoms with Crippen molar-refractivity contribution in [1.29, 1.82) is 0 Å². The molecule has 26 heavy (non-hydrogen) atoms. The smallest absolute Gasteiger partial charge is 0.416 e. The maximum Gasteiger partial charge on any atom is 0.416 e. The summed E-state index contributed by atoms with van der Waals surface area (Å²) < 4.78 is 43.0. The molecule has 0 aliphatic rings. The summed E-state index contributed by atoms with van der Waals surface area (Å²) in [6.45, 7) is 3.99. The van der Waals surface area contributed by atoms with Crippen LogP contribution in [0.3, 0.4) is 0 Å². The van der Waals surface area contributed by atoms with Gasteiger partial charge in [-0.15, -0.1) is 11.8 Å². The van der Waals surface area contributed by atoms with Gasteiger partial charge >= 0.3 is 12.1 Å². The Morgan fingerprint density at radius 1 is 1.15 bits per heavy atom. The molecule has 0 fully saturated rings. The van der Waals surface area contributed by atoms with Crippen LogP contribution in [0, 0.1) is 13.8 Å². The van der Waals surface area contributed by atoms with E-state index in [1.807, 2.05) is 26.0 Å². The third-order valence-corrected chi connectivity index (χ3v) is 4.91. The zero-order chi connectivity index (χ0) is 19.3. The molecule has 0 spiro atoms. The highest BCUT2D eigenvalue weighted by atomic mass is 32.2. The van der Waals surface area contributed by atoms with E-state index in [0.717, 1.165) is 40.3 Å². The fraction of sp³-hybridized carbons (Fsp3) is 0.316. The highest BCUT2D eigenvalue weighted by molar-refractivity contribution is 7.99. The SMILES string of the molecule is Cc1ccc(SCCC(Oc2ccc(C(F)(F)F)cc2)C(=O)O)c(C)c1. The Bertz CT molecular complexity index is 758. The summed E-state index contributed by atoms with van der Waals surface area (Å²) in [6, 6.07) is 10.0. The number of carboxylic acids is 1. The van der Waals surface area contributed by atoms with Crippen LogP contribution in [-0.4, -0.2) is 22.9 Å². The molecular formula is C19H19F3O3S. The van der Waals surface area contributed by atoms with E-state index in [9.17, 15) is 23.1 Å². The number of thioether (sulfide) groups is 1. The third kappa shape index (κ3) is 5.69. The van der Waals surface area contributed by atoms with Crippen LogP contribution >= 0.6 is 11.8 Å². The summed E-state index contributed by atoms with van der Waals surface area (Å²) >= 11 is 1.53. The molecule has 1 unspecified atom stereocenters. The van der Waals surface area contributed by atoms with Crippen LogP contribution in [-0.2, 0) is 11.0 Å². The zero-order valence-corrected chi connectivity index (χ0v) is 15.2. The molecule has 0 amide bonds. The van der Waals surface area contributed by atoms with Crippen molar-refractivity contribution in [3.05, 3.63) is 59.2 Å². The number of carboxylic acid groups (broad SMARTS) is 1. The lowest BCUT2D eigenvalue weighted by atomic mass is 10.2. The Kier molecular flexibility index (Phi) is 6.58. The standard InChI is InChI=1S/C19H19F3O3S/c1-12-3-8-17(13(2)11-12)26-10-9-16(18(23)24)25-15-6-4-14(5-7-15)19(20,21)22/h3-8,11,16H,9-10H2,1-2H3,(H,23,24). The molecule has 0 saturated heterocycles. The largest absolute Gasteiger partial charge is 0.479 e. The second kappa shape index (κ2) is 8.49. The van der Waals surface area contributed by atoms with Crippen molar-refractivity contribution >= 4 is 17.7 Å². The highest BCUT2D eigenvalue weighted by Gasteiger charge is 2.30. The van der Waals surface area contributed by atoms with Crippen molar-refractivity contribution < 1.29 is 27.8 Å². The van der Waals surface area contributed by atoms with E-state index in [2.05, 4.69) is 6.07 Å². The molecule has 0 aliphatic carbocycles. The van der Waals surface area contributed by atoms with Crippen molar-refractivity contribution in [1.82, 2.24) is 0 Å². The molecule has 7 heteroatoms. The van der Waals surface area contributed by atoms with Gasteiger partial charge in [0.15, 0.2) is 6.10 Å². The molecule has 140 valence electrons. The minimum atomic E-state index is -4.44. The van der Waals surface area contributed by atoms with Crippen LogP contribution in [0.15, 0.2) is 47.4 Å². The first-order chi connectivity index (χ1) is 12.2. The van der Waals surface area contributed by atoms with Crippen molar-refractivity contribution in [3.8, 4) is 5.75 Å². The number of hydrogen-bond acceptors (Lipinski definition) is 3. The van der Waals surface area contributed by atoms with Gasteiger partial charge in [0.25, 0.3) is 0 Å². The molecule has 1 atom stereocenters. The molecule has 2 aromatic rings. The lowest BCUT2D eigenvalue weighted by Gasteiger charge is -2.16. The molecule has 0 bridgehead atoms. The van der Waals surface area contributed by atoms with Gasteiger partial charge in [-0.05, 0) is 49.7 Å². The Morgan fingerprint density at radius 2 is 1.81 bits per heavy atom. The number of rotatable bonds is 7. The normalized spacial score (nSPS) is 12.7. The average molecular weight is 384 g/mol. The number of carbonyl (C=O) groups is 1. The quantitative estimate of drug-likeness (QED) is 0.655. The molecule has 0 aromatic heterocycles. The molecule has 0 saturated carbocycles. The van der Waals surface area contributed by atoms with E-state index in [1.165, 1.54) is 11.8 Å². The fourth-order valence-electron chi connectivity index (χ4n) is 2.36. The number of ether oxygens (including phenoxy) is 1. The Labute approximate surface area is 154 Å². The fourth-order valence-corrected chi connectivity index (χ4v) is 3.36. The Morgan fingerprint density at radius 3 is 2.35 bits per heavy atom. The summed E-state index contributed by atoms with van der Waals surface area (Å²) in [5.74, 6) is -0.533. The third-order valence-electron chi connectivity index (χ3n) is 3.70. The second-order valence-corrected chi connectivity index (χ2v) is 7.01. The van der Waals surface area contributed by atoms with E-state index in [0.29, 0.717) is 5.75 Å². The van der Waals surface area contributed by atoms with E-state index >= 15 is 0 Å². The van der Waals surface area contributed by atoms with Crippen LogP contribution in [0.2, 0.25) is 0 Å². The van der Waals surface area contributed by atoms with E-state index < -0.39 is 23.8 Å². The van der Waals surface area contributed by atoms with Gasteiger partial charge in [0.05, 0.1) is 5.56 Å². The minimum Gasteiger partial charge on any atom is -0.479 e. The van der Waals surface area contributed by atoms with E-state index in [-0.39, 0.29) is 12.2 Å². The summed E-state index contributed by atoms with van der Waals surface area (Å²) in [4.78, 5) is 12.4. The molecule has 0 radical (unpaired) electrons. The number of alkyl halides is 3. The van der Waals surface area contributed by atoms with Gasteiger partial charge in [-0.2, -0.15) is 13.2 Å². The van der Waals surface area contributed by atoms with Crippen LogP contribution in [0.5, 0.6) is 5.75 Å². The van der Waals surface area contributed by atoms with E-state index in [4.69, 9.17) is 4.74 Å². The van der Waals surface area contributed by atoms with Gasteiger partial charge in [0.2, 0.25) is 0 Å². The van der Waals surface area contributed by atoms with Gasteiger partial charge < -0.3 is 9.84 Å². The van der Waals surface area contributed by atoms with Gasteiger partial charge in [-0.3, -0.25) is 0 Å². The highest BCUT2D eigenvalue weighted by Crippen LogP contribution is 2.31. The topological polar surface area (TPSA) is 46.5 Å². The van der Waals surface area contributed by atoms with Gasteiger partial charge in [-0.1, -0.05) is 17.7 Å². The van der Waals surface area contributed by atoms with Gasteiger partial charge in [-0.25, -0.2) is 4.79 Å². The monoisotopic (exact) mass is 384 g/mol. The summed E-state index contributed by atoms with van der Waals surface area (Å²) in [6.07, 6.45) is -5.33. The summed E-state index contributed by atoms with van der Waals surface area (Å²) in [7, 11) is 0. The van der Waals surface area contributed by atoms with Crippen LogP contribution in [0.25, 0.3) is 0 Å². The minimum absolute atomic E-state index is 0.0990. The second-order valence-electron chi connectivity index (χ2n) is 5.87. The molecule has 3 nitrogen and oxygen atoms in total. The van der Waals surface area contributed by atoms with Crippen molar-refractivity contribution in [2.24, 2.45) is 0 Å². The maximum absolute atomic E-state index is 12.6. The lowest BCUT2D eigenvalue weighted by molar-refractivity contribution is -0.145. The van der Waals surface area contributed by atoms with Crippen LogP contribution in [0.4, 0.5) is 13.2 Å².